The molecule has 0 spiro atoms. The Balaban J connectivity index is 0.000000443. The summed E-state index contributed by atoms with van der Waals surface area (Å²) in [6, 6.07) is 0. The monoisotopic (exact) mass is 452 g/mol. The Morgan fingerprint density at radius 3 is 1.20 bits per heavy atom. The van der Waals surface area contributed by atoms with Crippen molar-refractivity contribution >= 4 is 11.9 Å². The maximum atomic E-state index is 10.7. The molecule has 2 unspecified atom stereocenters. The molecule has 140 valence electrons. The second-order valence-corrected chi connectivity index (χ2v) is 7.46. The van der Waals surface area contributed by atoms with Crippen LogP contribution in [0.1, 0.15) is 90.9 Å². The van der Waals surface area contributed by atoms with Crippen LogP contribution in [0.25, 0.3) is 0 Å². The summed E-state index contributed by atoms with van der Waals surface area (Å²) >= 11 is 0. The van der Waals surface area contributed by atoms with E-state index in [0.29, 0.717) is 11.8 Å². The Hall–Kier alpha value is -0.138. The van der Waals surface area contributed by atoms with Gasteiger partial charge < -0.3 is 19.8 Å². The van der Waals surface area contributed by atoms with Crippen LogP contribution in [0.4, 0.5) is 0 Å². The van der Waals surface area contributed by atoms with Crippen molar-refractivity contribution in [2.45, 2.75) is 90.9 Å². The van der Waals surface area contributed by atoms with Crippen molar-refractivity contribution in [1.29, 1.82) is 0 Å². The molecule has 2 aliphatic carbocycles. The molecule has 0 N–H and O–H groups in total. The van der Waals surface area contributed by atoms with Gasteiger partial charge in [0.2, 0.25) is 0 Å². The van der Waals surface area contributed by atoms with E-state index < -0.39 is 11.9 Å². The van der Waals surface area contributed by atoms with E-state index in [1.54, 1.807) is 0 Å². The van der Waals surface area contributed by atoms with Gasteiger partial charge in [-0.25, -0.2) is 0 Å². The third-order valence-electron chi connectivity index (χ3n) is 5.92. The molecule has 25 heavy (non-hydrogen) atoms. The summed E-state index contributed by atoms with van der Waals surface area (Å²) in [5, 5.41) is 21.4. The van der Waals surface area contributed by atoms with E-state index in [2.05, 4.69) is 0 Å². The van der Waals surface area contributed by atoms with Crippen molar-refractivity contribution in [3.8, 4) is 0 Å². The fourth-order valence-corrected chi connectivity index (χ4v) is 4.46. The van der Waals surface area contributed by atoms with Crippen LogP contribution < -0.4 is 10.2 Å². The van der Waals surface area contributed by atoms with Gasteiger partial charge in [0.05, 0.1) is 0 Å². The number of carbonyl (C=O) groups excluding carboxylic acids is 2. The van der Waals surface area contributed by atoms with E-state index in [1.807, 2.05) is 13.8 Å². The van der Waals surface area contributed by atoms with E-state index in [0.717, 1.165) is 38.5 Å². The maximum absolute atomic E-state index is 10.7. The minimum Gasteiger partial charge on any atom is -0.550 e. The molecule has 0 heterocycles. The minimum absolute atomic E-state index is 0. The Morgan fingerprint density at radius 2 is 1.00 bits per heavy atom. The van der Waals surface area contributed by atoms with Crippen molar-refractivity contribution in [2.24, 2.45) is 23.7 Å². The smallest absolute Gasteiger partial charge is 0.550 e. The van der Waals surface area contributed by atoms with Crippen LogP contribution >= 0.6 is 0 Å². The standard InChI is InChI=1S/2C10H18O2.Cd/c2*1-2-9(10(11)12)8-6-4-3-5-7-8;/h2*8-9H,2-7H2,1H3,(H,11,12);/q;;+2/p-2. The van der Waals surface area contributed by atoms with E-state index in [-0.39, 0.29) is 39.1 Å². The summed E-state index contributed by atoms with van der Waals surface area (Å²) < 4.78 is 0. The van der Waals surface area contributed by atoms with E-state index in [9.17, 15) is 19.8 Å². The molecule has 0 aromatic heterocycles. The summed E-state index contributed by atoms with van der Waals surface area (Å²) in [4.78, 5) is 21.4. The van der Waals surface area contributed by atoms with Crippen molar-refractivity contribution in [1.82, 2.24) is 0 Å². The number of hydrogen-bond donors (Lipinski definition) is 0. The molecule has 5 heteroatoms. The number of rotatable bonds is 6. The zero-order chi connectivity index (χ0) is 17.9. The number of carboxylic acids is 2. The van der Waals surface area contributed by atoms with E-state index >= 15 is 0 Å². The molecule has 0 saturated heterocycles. The van der Waals surface area contributed by atoms with Gasteiger partial charge in [-0.2, -0.15) is 0 Å². The summed E-state index contributed by atoms with van der Waals surface area (Å²) in [6.45, 7) is 3.88. The number of carboxylic acid groups (broad SMARTS) is 2. The number of aliphatic carboxylic acids is 2. The largest absolute Gasteiger partial charge is 2.00 e. The Bertz CT molecular complexity index is 338. The van der Waals surface area contributed by atoms with E-state index in [1.165, 1.54) is 38.5 Å². The summed E-state index contributed by atoms with van der Waals surface area (Å²) in [6.07, 6.45) is 13.2. The van der Waals surface area contributed by atoms with Gasteiger partial charge in [0.25, 0.3) is 0 Å². The third kappa shape index (κ3) is 8.87. The molecular weight excluding hydrogens is 417 g/mol. The van der Waals surface area contributed by atoms with Crippen LogP contribution in [0.2, 0.25) is 0 Å². The Kier molecular flexibility index (Phi) is 13.9. The average molecular weight is 451 g/mol. The fraction of sp³-hybridized carbons (Fsp3) is 0.900. The minimum atomic E-state index is -0.843. The summed E-state index contributed by atoms with van der Waals surface area (Å²) in [7, 11) is 0. The van der Waals surface area contributed by atoms with Crippen LogP contribution in [0, 0.1) is 23.7 Å². The molecule has 2 fully saturated rings. The van der Waals surface area contributed by atoms with Crippen molar-refractivity contribution in [3.05, 3.63) is 0 Å². The molecule has 0 aromatic carbocycles. The van der Waals surface area contributed by atoms with Crippen molar-refractivity contribution in [2.75, 3.05) is 0 Å². The Labute approximate surface area is 173 Å². The van der Waals surface area contributed by atoms with Gasteiger partial charge in [-0.1, -0.05) is 52.4 Å². The normalized spacial score (nSPS) is 21.2. The predicted molar refractivity (Wildman–Crippen MR) is 90.7 cm³/mol. The van der Waals surface area contributed by atoms with Gasteiger partial charge in [-0.05, 0) is 50.4 Å². The SMILES string of the molecule is CCC(C(=O)[O-])C1CCCCC1.CCC(C(=O)[O-])C1CCCCC1.[Cd+2]. The zero-order valence-electron chi connectivity index (χ0n) is 16.1. The molecular formula is C20H34CdO4. The third-order valence-corrected chi connectivity index (χ3v) is 5.92. The number of hydrogen-bond acceptors (Lipinski definition) is 4. The summed E-state index contributed by atoms with van der Waals surface area (Å²) in [5.74, 6) is -1.27. The van der Waals surface area contributed by atoms with Gasteiger partial charge in [-0.15, -0.1) is 0 Å². The topological polar surface area (TPSA) is 80.3 Å². The quantitative estimate of drug-likeness (QED) is 0.583. The first-order valence-corrected chi connectivity index (χ1v) is 9.92. The predicted octanol–water partition coefficient (Wildman–Crippen LogP) is 2.68. The number of carbonyl (C=O) groups is 2. The second kappa shape index (κ2) is 14.0. The van der Waals surface area contributed by atoms with Gasteiger partial charge >= 0.3 is 27.3 Å². The van der Waals surface area contributed by atoms with E-state index in [4.69, 9.17) is 0 Å². The molecule has 4 nitrogen and oxygen atoms in total. The van der Waals surface area contributed by atoms with Crippen molar-refractivity contribution in [3.63, 3.8) is 0 Å². The van der Waals surface area contributed by atoms with Crippen LogP contribution in [0.3, 0.4) is 0 Å². The molecule has 0 aromatic rings. The van der Waals surface area contributed by atoms with Gasteiger partial charge in [0.1, 0.15) is 0 Å². The molecule has 0 radical (unpaired) electrons. The first-order chi connectivity index (χ1) is 11.5. The van der Waals surface area contributed by atoms with Crippen LogP contribution in [-0.4, -0.2) is 11.9 Å². The van der Waals surface area contributed by atoms with Crippen LogP contribution in [0.15, 0.2) is 0 Å². The molecule has 0 amide bonds. The first-order valence-electron chi connectivity index (χ1n) is 9.92. The van der Waals surface area contributed by atoms with Gasteiger partial charge in [0, 0.05) is 23.8 Å². The van der Waals surface area contributed by atoms with Crippen LogP contribution in [0.5, 0.6) is 0 Å². The molecule has 0 bridgehead atoms. The van der Waals surface area contributed by atoms with Gasteiger partial charge in [-0.3, -0.25) is 0 Å². The average Bonchev–Trinajstić information content (AvgIpc) is 2.58. The molecule has 2 atom stereocenters. The summed E-state index contributed by atoms with van der Waals surface area (Å²) in [5.41, 5.74) is 0. The first kappa shape index (κ1) is 24.9. The molecule has 2 saturated carbocycles. The zero-order valence-corrected chi connectivity index (χ0v) is 20.2. The fourth-order valence-electron chi connectivity index (χ4n) is 4.46. The van der Waals surface area contributed by atoms with Crippen LogP contribution in [-0.2, 0) is 36.9 Å². The second-order valence-electron chi connectivity index (χ2n) is 7.46. The Morgan fingerprint density at radius 1 is 0.720 bits per heavy atom. The maximum Gasteiger partial charge on any atom is 2.00 e. The molecule has 2 aliphatic rings. The molecule has 2 rings (SSSR count). The van der Waals surface area contributed by atoms with Gasteiger partial charge in [0.15, 0.2) is 0 Å². The molecule has 0 aliphatic heterocycles. The van der Waals surface area contributed by atoms with Crippen molar-refractivity contribution < 1.29 is 47.1 Å².